The van der Waals surface area contributed by atoms with Gasteiger partial charge >= 0.3 is 0 Å². The van der Waals surface area contributed by atoms with Gasteiger partial charge in [-0.15, -0.1) is 0 Å². The van der Waals surface area contributed by atoms with Crippen molar-refractivity contribution >= 4 is 11.0 Å². The molecule has 0 bridgehead atoms. The van der Waals surface area contributed by atoms with E-state index in [-0.39, 0.29) is 35.0 Å². The Kier molecular flexibility index (Phi) is 7.18. The minimum atomic E-state index is -0.355. The van der Waals surface area contributed by atoms with Crippen molar-refractivity contribution in [2.75, 3.05) is 19.8 Å². The highest BCUT2D eigenvalue weighted by Gasteiger charge is 2.28. The maximum atomic E-state index is 13.7. The first-order valence-corrected chi connectivity index (χ1v) is 11.0. The van der Waals surface area contributed by atoms with Crippen LogP contribution in [0.3, 0.4) is 0 Å². The first-order chi connectivity index (χ1) is 15.4. The number of hydrogen-bond acceptors (Lipinski definition) is 7. The van der Waals surface area contributed by atoms with Crippen LogP contribution in [-0.4, -0.2) is 30.0 Å². The normalized spacial score (nSPS) is 11.0. The first-order valence-electron chi connectivity index (χ1n) is 11.0. The lowest BCUT2D eigenvalue weighted by atomic mass is 9.97. The quantitative estimate of drug-likeness (QED) is 0.440. The number of aromatic hydroxyl groups is 2. The predicted molar refractivity (Wildman–Crippen MR) is 124 cm³/mol. The minimum absolute atomic E-state index is 0.0271. The summed E-state index contributed by atoms with van der Waals surface area (Å²) in [4.78, 5) is 13.7. The Morgan fingerprint density at radius 2 is 1.38 bits per heavy atom. The molecule has 0 aliphatic heterocycles. The van der Waals surface area contributed by atoms with E-state index in [1.165, 1.54) is 12.1 Å². The smallest absolute Gasteiger partial charge is 0.239 e. The molecule has 2 aromatic carbocycles. The van der Waals surface area contributed by atoms with Gasteiger partial charge in [0.15, 0.2) is 17.3 Å². The number of rotatable bonds is 9. The largest absolute Gasteiger partial charge is 0.504 e. The highest BCUT2D eigenvalue weighted by Crippen LogP contribution is 2.44. The van der Waals surface area contributed by atoms with Crippen molar-refractivity contribution in [3.05, 3.63) is 39.5 Å². The van der Waals surface area contributed by atoms with Crippen molar-refractivity contribution < 1.29 is 28.8 Å². The molecule has 1 heterocycles. The maximum Gasteiger partial charge on any atom is 0.239 e. The van der Waals surface area contributed by atoms with Gasteiger partial charge in [0.25, 0.3) is 0 Å². The Hall–Kier alpha value is -3.35. The van der Waals surface area contributed by atoms with Crippen molar-refractivity contribution in [1.29, 1.82) is 0 Å². The molecule has 0 aliphatic carbocycles. The zero-order chi connectivity index (χ0) is 23.4. The van der Waals surface area contributed by atoms with Gasteiger partial charge in [0.05, 0.1) is 19.8 Å². The Morgan fingerprint density at radius 1 is 0.781 bits per heavy atom. The SMILES string of the molecule is CCOc1c(CC)c(OCC)c2c(=O)c(OCC)c(-c3ccc(O)c(O)c3)oc2c1CC. The van der Waals surface area contributed by atoms with Crippen LogP contribution in [0.4, 0.5) is 0 Å². The fraction of sp³-hybridized carbons (Fsp3) is 0.400. The predicted octanol–water partition coefficient (Wildman–Crippen LogP) is 5.19. The summed E-state index contributed by atoms with van der Waals surface area (Å²) in [6.07, 6.45) is 1.19. The average Bonchev–Trinajstić information content (AvgIpc) is 2.78. The topological polar surface area (TPSA) is 98.4 Å². The van der Waals surface area contributed by atoms with Gasteiger partial charge in [-0.2, -0.15) is 0 Å². The molecule has 32 heavy (non-hydrogen) atoms. The van der Waals surface area contributed by atoms with Gasteiger partial charge in [0.1, 0.15) is 22.5 Å². The summed E-state index contributed by atoms with van der Waals surface area (Å²) in [7, 11) is 0. The second kappa shape index (κ2) is 9.85. The van der Waals surface area contributed by atoms with Crippen LogP contribution in [-0.2, 0) is 12.8 Å². The van der Waals surface area contributed by atoms with E-state index in [1.54, 1.807) is 13.0 Å². The Bertz CT molecular complexity index is 1180. The third kappa shape index (κ3) is 3.95. The summed E-state index contributed by atoms with van der Waals surface area (Å²) in [5.41, 5.74) is 2.01. The van der Waals surface area contributed by atoms with Crippen molar-refractivity contribution in [2.24, 2.45) is 0 Å². The zero-order valence-electron chi connectivity index (χ0n) is 19.2. The summed E-state index contributed by atoms with van der Waals surface area (Å²) in [6.45, 7) is 10.6. The molecule has 7 heteroatoms. The third-order valence-corrected chi connectivity index (χ3v) is 5.20. The molecule has 2 N–H and O–H groups in total. The van der Waals surface area contributed by atoms with E-state index < -0.39 is 0 Å². The number of phenolic OH excluding ortho intramolecular Hbond substituents is 2. The highest BCUT2D eigenvalue weighted by atomic mass is 16.5. The molecule has 1 aromatic heterocycles. The lowest BCUT2D eigenvalue weighted by Gasteiger charge is -2.21. The number of hydrogen-bond donors (Lipinski definition) is 2. The van der Waals surface area contributed by atoms with Crippen LogP contribution in [0, 0.1) is 0 Å². The number of fused-ring (bicyclic) bond motifs is 1. The van der Waals surface area contributed by atoms with Crippen molar-refractivity contribution in [1.82, 2.24) is 0 Å². The molecular formula is C25H30O7. The maximum absolute atomic E-state index is 13.7. The van der Waals surface area contributed by atoms with Gasteiger partial charge in [-0.3, -0.25) is 4.79 Å². The van der Waals surface area contributed by atoms with Crippen LogP contribution >= 0.6 is 0 Å². The molecule has 0 fully saturated rings. The molecule has 0 amide bonds. The van der Waals surface area contributed by atoms with E-state index in [2.05, 4.69) is 0 Å². The average molecular weight is 443 g/mol. The summed E-state index contributed by atoms with van der Waals surface area (Å²) in [5.74, 6) is 0.715. The van der Waals surface area contributed by atoms with Gasteiger partial charge in [0.2, 0.25) is 11.2 Å². The van der Waals surface area contributed by atoms with Crippen LogP contribution in [0.25, 0.3) is 22.3 Å². The van der Waals surface area contributed by atoms with Gasteiger partial charge in [0, 0.05) is 16.7 Å². The van der Waals surface area contributed by atoms with Crippen LogP contribution in [0.2, 0.25) is 0 Å². The van der Waals surface area contributed by atoms with Gasteiger partial charge in [-0.25, -0.2) is 0 Å². The van der Waals surface area contributed by atoms with E-state index in [0.717, 1.165) is 11.1 Å². The first kappa shape index (κ1) is 23.3. The molecular weight excluding hydrogens is 412 g/mol. The second-order valence-corrected chi connectivity index (χ2v) is 7.12. The number of benzene rings is 2. The number of ether oxygens (including phenoxy) is 3. The Balaban J connectivity index is 2.54. The molecule has 0 atom stereocenters. The van der Waals surface area contributed by atoms with Crippen LogP contribution in [0.1, 0.15) is 45.7 Å². The highest BCUT2D eigenvalue weighted by molar-refractivity contribution is 5.93. The lowest BCUT2D eigenvalue weighted by molar-refractivity contribution is 0.314. The molecule has 0 unspecified atom stereocenters. The lowest BCUT2D eigenvalue weighted by Crippen LogP contribution is -2.14. The zero-order valence-corrected chi connectivity index (χ0v) is 19.2. The molecule has 7 nitrogen and oxygen atoms in total. The monoisotopic (exact) mass is 442 g/mol. The minimum Gasteiger partial charge on any atom is -0.504 e. The fourth-order valence-corrected chi connectivity index (χ4v) is 3.87. The van der Waals surface area contributed by atoms with Crippen LogP contribution in [0.15, 0.2) is 27.4 Å². The van der Waals surface area contributed by atoms with Gasteiger partial charge < -0.3 is 28.8 Å². The van der Waals surface area contributed by atoms with E-state index in [9.17, 15) is 15.0 Å². The summed E-state index contributed by atoms with van der Waals surface area (Å²) >= 11 is 0. The standard InChI is InChI=1S/C25H30O7/c1-6-15-22(29-8-3)16(7-2)24-19(23(15)30-9-4)20(28)25(31-10-5)21(32-24)14-11-12-17(26)18(27)13-14/h11-13,26-27H,6-10H2,1-5H3. The van der Waals surface area contributed by atoms with Crippen LogP contribution < -0.4 is 19.6 Å². The van der Waals surface area contributed by atoms with E-state index in [0.29, 0.717) is 54.1 Å². The van der Waals surface area contributed by atoms with E-state index >= 15 is 0 Å². The fourth-order valence-electron chi connectivity index (χ4n) is 3.87. The summed E-state index contributed by atoms with van der Waals surface area (Å²) in [6, 6.07) is 4.23. The van der Waals surface area contributed by atoms with Crippen molar-refractivity contribution in [3.8, 4) is 40.1 Å². The molecule has 3 aromatic rings. The second-order valence-electron chi connectivity index (χ2n) is 7.12. The molecule has 0 saturated heterocycles. The van der Waals surface area contributed by atoms with Crippen molar-refractivity contribution in [2.45, 2.75) is 47.5 Å². The molecule has 0 aliphatic rings. The Morgan fingerprint density at radius 3 is 1.94 bits per heavy atom. The van der Waals surface area contributed by atoms with E-state index in [4.69, 9.17) is 18.6 Å². The van der Waals surface area contributed by atoms with Crippen LogP contribution in [0.5, 0.6) is 28.7 Å². The van der Waals surface area contributed by atoms with Gasteiger partial charge in [-0.1, -0.05) is 13.8 Å². The van der Waals surface area contributed by atoms with E-state index in [1.807, 2.05) is 27.7 Å². The Labute approximate surface area is 187 Å². The van der Waals surface area contributed by atoms with Gasteiger partial charge in [-0.05, 0) is 51.8 Å². The number of phenols is 2. The summed E-state index contributed by atoms with van der Waals surface area (Å²) < 4.78 is 24.0. The molecule has 0 radical (unpaired) electrons. The molecule has 0 saturated carbocycles. The molecule has 172 valence electrons. The molecule has 3 rings (SSSR count). The summed E-state index contributed by atoms with van der Waals surface area (Å²) in [5, 5.41) is 20.0. The molecule has 0 spiro atoms. The van der Waals surface area contributed by atoms with Crippen molar-refractivity contribution in [3.63, 3.8) is 0 Å². The third-order valence-electron chi connectivity index (χ3n) is 5.20. The number of aryl methyl sites for hydroxylation is 1.